The van der Waals surface area contributed by atoms with Crippen LogP contribution in [-0.2, 0) is 11.0 Å². The lowest BCUT2D eigenvalue weighted by molar-refractivity contribution is 0.272. The van der Waals surface area contributed by atoms with Crippen molar-refractivity contribution in [2.45, 2.75) is 45.5 Å². The van der Waals surface area contributed by atoms with Crippen LogP contribution < -0.4 is 0 Å². The first kappa shape index (κ1) is 16.0. The lowest BCUT2D eigenvalue weighted by atomic mass is 10.1. The minimum atomic E-state index is -1.89. The van der Waals surface area contributed by atoms with Crippen LogP contribution in [-0.4, -0.2) is 8.32 Å². The number of hydrogen-bond acceptors (Lipinski definition) is 2. The molecule has 0 amide bonds. The average molecular weight is 406 g/mol. The van der Waals surface area contributed by atoms with Gasteiger partial charge in [-0.05, 0) is 58.9 Å². The van der Waals surface area contributed by atoms with Crippen LogP contribution in [0.5, 0.6) is 0 Å². The quantitative estimate of drug-likeness (QED) is 0.482. The Morgan fingerprint density at radius 3 is 2.55 bits per heavy atom. The second-order valence-corrected chi connectivity index (χ2v) is 12.4. The maximum absolute atomic E-state index is 14.1. The highest BCUT2D eigenvalue weighted by Gasteiger charge is 2.37. The Labute approximate surface area is 134 Å². The number of hydrogen-bond donors (Lipinski definition) is 0. The molecule has 0 unspecified atom stereocenters. The molecule has 110 valence electrons. The number of fused-ring (bicyclic) bond motifs is 1. The van der Waals surface area contributed by atoms with E-state index in [9.17, 15) is 4.39 Å². The molecule has 0 aliphatic carbocycles. The molecule has 5 heteroatoms. The van der Waals surface area contributed by atoms with Gasteiger partial charge in [-0.3, -0.25) is 0 Å². The van der Waals surface area contributed by atoms with Crippen molar-refractivity contribution in [1.29, 1.82) is 0 Å². The molecule has 1 aromatic heterocycles. The zero-order valence-corrected chi connectivity index (χ0v) is 15.7. The van der Waals surface area contributed by atoms with Gasteiger partial charge in [0.2, 0.25) is 0 Å². The molecule has 0 radical (unpaired) electrons. The van der Waals surface area contributed by atoms with Crippen LogP contribution in [0.15, 0.2) is 22.6 Å². The van der Waals surface area contributed by atoms with Crippen LogP contribution in [0.3, 0.4) is 0 Å². The molecule has 2 aromatic rings. The molecule has 0 saturated heterocycles. The highest BCUT2D eigenvalue weighted by atomic mass is 127. The SMILES string of the molecule is CC(C)(C)[Si](C)(C)OCc1c(F)ccc2oc(I)cc12. The lowest BCUT2D eigenvalue weighted by Gasteiger charge is -2.36. The molecule has 0 atom stereocenters. The van der Waals surface area contributed by atoms with Crippen molar-refractivity contribution in [3.8, 4) is 0 Å². The first-order valence-corrected chi connectivity index (χ1v) is 10.6. The number of rotatable bonds is 3. The third kappa shape index (κ3) is 3.09. The van der Waals surface area contributed by atoms with Gasteiger partial charge in [0.15, 0.2) is 12.1 Å². The minimum Gasteiger partial charge on any atom is -0.450 e. The van der Waals surface area contributed by atoms with E-state index in [1.165, 1.54) is 6.07 Å². The standard InChI is InChI=1S/C15H20FIO2Si/c1-15(2,3)20(4,5)18-9-11-10-8-14(17)19-13(10)7-6-12(11)16/h6-8H,9H2,1-5H3. The summed E-state index contributed by atoms with van der Waals surface area (Å²) >= 11 is 2.10. The van der Waals surface area contributed by atoms with Gasteiger partial charge >= 0.3 is 0 Å². The largest absolute Gasteiger partial charge is 0.450 e. The van der Waals surface area contributed by atoms with E-state index in [1.807, 2.05) is 6.07 Å². The zero-order valence-electron chi connectivity index (χ0n) is 12.5. The van der Waals surface area contributed by atoms with Gasteiger partial charge < -0.3 is 8.84 Å². The van der Waals surface area contributed by atoms with E-state index in [2.05, 4.69) is 56.5 Å². The number of halogens is 2. The Morgan fingerprint density at radius 1 is 1.30 bits per heavy atom. The van der Waals surface area contributed by atoms with E-state index in [0.29, 0.717) is 17.8 Å². The molecule has 1 aromatic carbocycles. The maximum atomic E-state index is 14.1. The molecule has 1 heterocycles. The zero-order chi connectivity index (χ0) is 15.1. The summed E-state index contributed by atoms with van der Waals surface area (Å²) in [5, 5.41) is 0.926. The fraction of sp³-hybridized carbons (Fsp3) is 0.467. The third-order valence-electron chi connectivity index (χ3n) is 4.11. The first-order valence-electron chi connectivity index (χ1n) is 6.62. The summed E-state index contributed by atoms with van der Waals surface area (Å²) in [6.07, 6.45) is 0. The molecule has 0 aliphatic heterocycles. The summed E-state index contributed by atoms with van der Waals surface area (Å²) in [7, 11) is -1.89. The maximum Gasteiger partial charge on any atom is 0.192 e. The molecular weight excluding hydrogens is 386 g/mol. The fourth-order valence-electron chi connectivity index (χ4n) is 1.73. The van der Waals surface area contributed by atoms with Crippen LogP contribution >= 0.6 is 22.6 Å². The Morgan fingerprint density at radius 2 is 1.95 bits per heavy atom. The van der Waals surface area contributed by atoms with Crippen molar-refractivity contribution in [2.75, 3.05) is 0 Å². The van der Waals surface area contributed by atoms with Crippen molar-refractivity contribution in [2.24, 2.45) is 0 Å². The molecule has 20 heavy (non-hydrogen) atoms. The van der Waals surface area contributed by atoms with Gasteiger partial charge in [0.25, 0.3) is 0 Å². The molecule has 0 saturated carbocycles. The molecule has 0 spiro atoms. The lowest BCUT2D eigenvalue weighted by Crippen LogP contribution is -2.40. The molecule has 0 fully saturated rings. The van der Waals surface area contributed by atoms with Crippen LogP contribution in [0.2, 0.25) is 18.1 Å². The Hall–Kier alpha value is -0.403. The van der Waals surface area contributed by atoms with Gasteiger partial charge in [-0.2, -0.15) is 0 Å². The molecular formula is C15H20FIO2Si. The van der Waals surface area contributed by atoms with Gasteiger partial charge in [-0.25, -0.2) is 4.39 Å². The monoisotopic (exact) mass is 406 g/mol. The van der Waals surface area contributed by atoms with E-state index in [1.54, 1.807) is 6.07 Å². The van der Waals surface area contributed by atoms with Crippen molar-refractivity contribution in [1.82, 2.24) is 0 Å². The van der Waals surface area contributed by atoms with Crippen LogP contribution in [0.4, 0.5) is 4.39 Å². The van der Waals surface area contributed by atoms with E-state index in [0.717, 1.165) is 9.15 Å². The highest BCUT2D eigenvalue weighted by molar-refractivity contribution is 14.1. The van der Waals surface area contributed by atoms with Gasteiger partial charge in [0.1, 0.15) is 11.4 Å². The van der Waals surface area contributed by atoms with Crippen molar-refractivity contribution < 1.29 is 13.2 Å². The number of benzene rings is 1. The van der Waals surface area contributed by atoms with Gasteiger partial charge in [-0.1, -0.05) is 20.8 Å². The second kappa shape index (κ2) is 5.42. The summed E-state index contributed by atoms with van der Waals surface area (Å²) in [6, 6.07) is 4.98. The summed E-state index contributed by atoms with van der Waals surface area (Å²) in [5.41, 5.74) is 1.31. The molecule has 0 bridgehead atoms. The van der Waals surface area contributed by atoms with E-state index in [4.69, 9.17) is 8.84 Å². The van der Waals surface area contributed by atoms with Crippen molar-refractivity contribution >= 4 is 41.9 Å². The van der Waals surface area contributed by atoms with Crippen LogP contribution in [0.1, 0.15) is 26.3 Å². The normalized spacial score (nSPS) is 13.2. The van der Waals surface area contributed by atoms with E-state index >= 15 is 0 Å². The van der Waals surface area contributed by atoms with Crippen molar-refractivity contribution in [3.05, 3.63) is 33.3 Å². The van der Waals surface area contributed by atoms with E-state index in [-0.39, 0.29) is 10.9 Å². The van der Waals surface area contributed by atoms with Crippen LogP contribution in [0, 0.1) is 9.58 Å². The molecule has 0 N–H and O–H groups in total. The Kier molecular flexibility index (Phi) is 4.33. The third-order valence-corrected chi connectivity index (χ3v) is 9.12. The predicted molar refractivity (Wildman–Crippen MR) is 90.9 cm³/mol. The predicted octanol–water partition coefficient (Wildman–Crippen LogP) is 5.70. The topological polar surface area (TPSA) is 22.4 Å². The van der Waals surface area contributed by atoms with Gasteiger partial charge in [-0.15, -0.1) is 0 Å². The summed E-state index contributed by atoms with van der Waals surface area (Å²) in [6.45, 7) is 11.2. The second-order valence-electron chi connectivity index (χ2n) is 6.54. The Bertz CT molecular complexity index is 629. The molecule has 0 aliphatic rings. The summed E-state index contributed by atoms with van der Waals surface area (Å²) < 4.78 is 26.5. The Balaban J connectivity index is 2.32. The number of furan rings is 1. The average Bonchev–Trinajstić information content (AvgIpc) is 2.67. The van der Waals surface area contributed by atoms with E-state index < -0.39 is 8.32 Å². The van der Waals surface area contributed by atoms with Gasteiger partial charge in [0.05, 0.1) is 6.61 Å². The van der Waals surface area contributed by atoms with Gasteiger partial charge in [0, 0.05) is 10.9 Å². The molecule has 2 nitrogen and oxygen atoms in total. The fourth-order valence-corrected chi connectivity index (χ4v) is 3.21. The van der Waals surface area contributed by atoms with Crippen molar-refractivity contribution in [3.63, 3.8) is 0 Å². The smallest absolute Gasteiger partial charge is 0.192 e. The molecule has 2 rings (SSSR count). The summed E-state index contributed by atoms with van der Waals surface area (Å²) in [4.78, 5) is 0. The van der Waals surface area contributed by atoms with Crippen LogP contribution in [0.25, 0.3) is 11.0 Å². The minimum absolute atomic E-state index is 0.113. The highest BCUT2D eigenvalue weighted by Crippen LogP contribution is 2.38. The summed E-state index contributed by atoms with van der Waals surface area (Å²) in [5.74, 6) is -0.228. The first-order chi connectivity index (χ1) is 9.12.